The van der Waals surface area contributed by atoms with Gasteiger partial charge in [-0.1, -0.05) is 32.4 Å². The van der Waals surface area contributed by atoms with Crippen LogP contribution >= 0.6 is 0 Å². The van der Waals surface area contributed by atoms with Crippen LogP contribution in [0.15, 0.2) is 11.6 Å². The van der Waals surface area contributed by atoms with Gasteiger partial charge in [-0.15, -0.1) is 0 Å². The third-order valence-electron chi connectivity index (χ3n) is 11.0. The highest BCUT2D eigenvalue weighted by atomic mass is 19.1. The van der Waals surface area contributed by atoms with Crippen LogP contribution in [-0.4, -0.2) is 29.8 Å². The number of carbonyl (C=O) groups is 2. The van der Waals surface area contributed by atoms with Gasteiger partial charge < -0.3 is 9.47 Å². The van der Waals surface area contributed by atoms with E-state index in [0.717, 1.165) is 25.7 Å². The maximum atomic E-state index is 14.3. The first-order valence-electron chi connectivity index (χ1n) is 14.5. The van der Waals surface area contributed by atoms with E-state index in [1.165, 1.54) is 45.1 Å². The fraction of sp³-hybridized carbons (Fsp3) is 0.871. The van der Waals surface area contributed by atoms with E-state index < -0.39 is 5.67 Å². The van der Waals surface area contributed by atoms with Crippen molar-refractivity contribution >= 4 is 11.9 Å². The average Bonchev–Trinajstić information content (AvgIpc) is 3.12. The summed E-state index contributed by atoms with van der Waals surface area (Å²) in [6, 6.07) is 0. The van der Waals surface area contributed by atoms with E-state index in [1.807, 2.05) is 0 Å². The summed E-state index contributed by atoms with van der Waals surface area (Å²) in [4.78, 5) is 23.5. The minimum Gasteiger partial charge on any atom is -0.462 e. The van der Waals surface area contributed by atoms with Gasteiger partial charge in [0.1, 0.15) is 17.9 Å². The molecule has 0 bridgehead atoms. The Hall–Kier alpha value is -1.39. The van der Waals surface area contributed by atoms with Crippen molar-refractivity contribution in [1.29, 1.82) is 0 Å². The Balaban J connectivity index is 1.51. The van der Waals surface area contributed by atoms with Gasteiger partial charge in [-0.3, -0.25) is 9.59 Å². The molecule has 0 aromatic carbocycles. The second-order valence-electron chi connectivity index (χ2n) is 13.7. The highest BCUT2D eigenvalue weighted by molar-refractivity contribution is 5.66. The number of alkyl halides is 1. The second-order valence-corrected chi connectivity index (χ2v) is 13.7. The van der Waals surface area contributed by atoms with E-state index in [2.05, 4.69) is 26.8 Å². The fourth-order valence-electron chi connectivity index (χ4n) is 9.25. The van der Waals surface area contributed by atoms with Crippen molar-refractivity contribution in [3.8, 4) is 0 Å². The van der Waals surface area contributed by atoms with Gasteiger partial charge in [-0.05, 0) is 112 Å². The van der Waals surface area contributed by atoms with E-state index in [-0.39, 0.29) is 40.9 Å². The Labute approximate surface area is 218 Å². The van der Waals surface area contributed by atoms with Crippen molar-refractivity contribution in [2.75, 3.05) is 0 Å². The van der Waals surface area contributed by atoms with E-state index in [1.54, 1.807) is 13.8 Å². The van der Waals surface area contributed by atoms with Crippen molar-refractivity contribution in [2.45, 2.75) is 131 Å². The molecule has 9 atom stereocenters. The predicted molar refractivity (Wildman–Crippen MR) is 140 cm³/mol. The van der Waals surface area contributed by atoms with Crippen LogP contribution in [0.1, 0.15) is 113 Å². The van der Waals surface area contributed by atoms with Crippen LogP contribution in [0.2, 0.25) is 0 Å². The predicted octanol–water partition coefficient (Wildman–Crippen LogP) is 7.59. The SMILES string of the molecule is CC(=O)OC(CCC(C)(C)F)[C@@H](C)[C@H]1CC[C@H]2[C@@H]3CC=C4C[C@@H](OC(C)=O)CC[C@]4(C)[C@H]3CC[C@]12C. The second kappa shape index (κ2) is 10.1. The minimum absolute atomic E-state index is 0.0384. The standard InChI is InChI=1S/C31H49FO4/c1-19(28(36-21(3)34)14-15-29(4,5)32)25-10-11-26-24-9-8-22-18-23(35-20(2)33)12-16-30(22,6)27(24)13-17-31(25,26)7/h8,19,23-28H,9-18H2,1-7H3/t19-,23-,24-,25+,26-,27-,28?,30-,31+/m0/s1. The lowest BCUT2D eigenvalue weighted by molar-refractivity contribution is -0.153. The molecule has 0 aromatic heterocycles. The summed E-state index contributed by atoms with van der Waals surface area (Å²) < 4.78 is 25.8. The molecule has 36 heavy (non-hydrogen) atoms. The van der Waals surface area contributed by atoms with E-state index in [4.69, 9.17) is 9.47 Å². The van der Waals surface area contributed by atoms with Gasteiger partial charge in [-0.25, -0.2) is 4.39 Å². The molecule has 0 amide bonds. The molecule has 1 unspecified atom stereocenters. The largest absolute Gasteiger partial charge is 0.462 e. The van der Waals surface area contributed by atoms with Gasteiger partial charge >= 0.3 is 11.9 Å². The van der Waals surface area contributed by atoms with Gasteiger partial charge in [0.25, 0.3) is 0 Å². The molecular weight excluding hydrogens is 455 g/mol. The zero-order chi connectivity index (χ0) is 26.5. The Kier molecular flexibility index (Phi) is 7.72. The molecule has 4 rings (SSSR count). The summed E-state index contributed by atoms with van der Waals surface area (Å²) in [5.74, 6) is 2.37. The molecule has 0 saturated heterocycles. The summed E-state index contributed by atoms with van der Waals surface area (Å²) in [6.07, 6.45) is 12.3. The lowest BCUT2D eigenvalue weighted by atomic mass is 9.47. The van der Waals surface area contributed by atoms with Crippen LogP contribution in [0.25, 0.3) is 0 Å². The van der Waals surface area contributed by atoms with Gasteiger partial charge in [0, 0.05) is 20.3 Å². The number of esters is 2. The summed E-state index contributed by atoms with van der Waals surface area (Å²) in [5, 5.41) is 0. The zero-order valence-electron chi connectivity index (χ0n) is 23.7. The summed E-state index contributed by atoms with van der Waals surface area (Å²) in [6.45, 7) is 13.5. The van der Waals surface area contributed by atoms with Crippen LogP contribution in [0, 0.1) is 40.4 Å². The quantitative estimate of drug-likeness (QED) is 0.265. The number of carbonyl (C=O) groups excluding carboxylic acids is 2. The number of hydrogen-bond donors (Lipinski definition) is 0. The molecule has 3 saturated carbocycles. The molecule has 0 N–H and O–H groups in total. The van der Waals surface area contributed by atoms with Crippen LogP contribution in [0.3, 0.4) is 0 Å². The third-order valence-corrected chi connectivity index (χ3v) is 11.0. The van der Waals surface area contributed by atoms with Crippen molar-refractivity contribution in [2.24, 2.45) is 40.4 Å². The van der Waals surface area contributed by atoms with Gasteiger partial charge in [0.2, 0.25) is 0 Å². The Bertz CT molecular complexity index is 874. The lowest BCUT2D eigenvalue weighted by Crippen LogP contribution is -2.51. The molecule has 4 aliphatic rings. The number of rotatable bonds is 7. The summed E-state index contributed by atoms with van der Waals surface area (Å²) >= 11 is 0. The van der Waals surface area contributed by atoms with Crippen molar-refractivity contribution in [3.63, 3.8) is 0 Å². The molecule has 4 nitrogen and oxygen atoms in total. The highest BCUT2D eigenvalue weighted by Gasteiger charge is 2.60. The van der Waals surface area contributed by atoms with Crippen LogP contribution in [0.5, 0.6) is 0 Å². The molecule has 0 radical (unpaired) electrons. The van der Waals surface area contributed by atoms with Crippen molar-refractivity contribution in [3.05, 3.63) is 11.6 Å². The number of hydrogen-bond acceptors (Lipinski definition) is 4. The van der Waals surface area contributed by atoms with Gasteiger partial charge in [-0.2, -0.15) is 0 Å². The first-order chi connectivity index (χ1) is 16.7. The minimum atomic E-state index is -1.26. The molecule has 0 aliphatic heterocycles. The number of halogens is 1. The average molecular weight is 505 g/mol. The Morgan fingerprint density at radius 2 is 1.81 bits per heavy atom. The Morgan fingerprint density at radius 3 is 2.44 bits per heavy atom. The van der Waals surface area contributed by atoms with E-state index in [9.17, 15) is 14.0 Å². The topological polar surface area (TPSA) is 52.6 Å². The first-order valence-corrected chi connectivity index (χ1v) is 14.5. The van der Waals surface area contributed by atoms with Crippen LogP contribution in [-0.2, 0) is 19.1 Å². The summed E-state index contributed by atoms with van der Waals surface area (Å²) in [7, 11) is 0. The van der Waals surface area contributed by atoms with E-state index in [0.29, 0.717) is 36.5 Å². The van der Waals surface area contributed by atoms with Gasteiger partial charge in [0.05, 0.1) is 0 Å². The molecule has 0 spiro atoms. The van der Waals surface area contributed by atoms with Crippen LogP contribution in [0.4, 0.5) is 4.39 Å². The third kappa shape index (κ3) is 5.27. The maximum absolute atomic E-state index is 14.3. The molecule has 4 aliphatic carbocycles. The maximum Gasteiger partial charge on any atom is 0.302 e. The lowest BCUT2D eigenvalue weighted by Gasteiger charge is -2.58. The molecule has 0 aromatic rings. The smallest absolute Gasteiger partial charge is 0.302 e. The van der Waals surface area contributed by atoms with Crippen LogP contribution < -0.4 is 0 Å². The molecule has 204 valence electrons. The first kappa shape index (κ1) is 27.6. The van der Waals surface area contributed by atoms with Crippen molar-refractivity contribution < 1.29 is 23.5 Å². The monoisotopic (exact) mass is 504 g/mol. The highest BCUT2D eigenvalue weighted by Crippen LogP contribution is 2.67. The van der Waals surface area contributed by atoms with Crippen molar-refractivity contribution in [1.82, 2.24) is 0 Å². The summed E-state index contributed by atoms with van der Waals surface area (Å²) in [5.41, 5.74) is 0.726. The molecule has 5 heteroatoms. The van der Waals surface area contributed by atoms with E-state index >= 15 is 0 Å². The number of allylic oxidation sites excluding steroid dienone is 1. The normalized spacial score (nSPS) is 39.7. The van der Waals surface area contributed by atoms with Gasteiger partial charge in [0.15, 0.2) is 0 Å². The number of ether oxygens (including phenoxy) is 2. The molecular formula is C31H49FO4. The Morgan fingerprint density at radius 1 is 1.08 bits per heavy atom. The number of fused-ring (bicyclic) bond motifs is 5. The fourth-order valence-corrected chi connectivity index (χ4v) is 9.25. The molecule has 3 fully saturated rings. The molecule has 0 heterocycles. The zero-order valence-corrected chi connectivity index (χ0v) is 23.7.